The number of ether oxygens (including phenoxy) is 2. The summed E-state index contributed by atoms with van der Waals surface area (Å²) in [5.74, 6) is 0.0243. The number of carbonyl (C=O) groups is 2. The van der Waals surface area contributed by atoms with Gasteiger partial charge in [-0.05, 0) is 35.6 Å². The van der Waals surface area contributed by atoms with E-state index in [0.717, 1.165) is 24.1 Å². The summed E-state index contributed by atoms with van der Waals surface area (Å²) < 4.78 is 10.4. The van der Waals surface area contributed by atoms with E-state index in [4.69, 9.17) is 9.47 Å². The highest BCUT2D eigenvalue weighted by Gasteiger charge is 2.26. The smallest absolute Gasteiger partial charge is 0.338 e. The van der Waals surface area contributed by atoms with Gasteiger partial charge in [0, 0.05) is 26.6 Å². The molecule has 0 radical (unpaired) electrons. The van der Waals surface area contributed by atoms with Crippen LogP contribution in [0.15, 0.2) is 54.6 Å². The second-order valence-electron chi connectivity index (χ2n) is 6.75. The van der Waals surface area contributed by atoms with Crippen molar-refractivity contribution >= 4 is 11.9 Å². The quantitative estimate of drug-likeness (QED) is 0.704. The molecule has 5 nitrogen and oxygen atoms in total. The van der Waals surface area contributed by atoms with Crippen molar-refractivity contribution in [3.63, 3.8) is 0 Å². The maximum atomic E-state index is 12.3. The Morgan fingerprint density at radius 3 is 2.52 bits per heavy atom. The Kier molecular flexibility index (Phi) is 6.60. The van der Waals surface area contributed by atoms with E-state index in [2.05, 4.69) is 0 Å². The molecular weight excluding hydrogens is 342 g/mol. The first-order valence-electron chi connectivity index (χ1n) is 9.25. The van der Waals surface area contributed by atoms with Crippen molar-refractivity contribution in [2.75, 3.05) is 26.8 Å². The lowest BCUT2D eigenvalue weighted by molar-refractivity contribution is -0.134. The molecule has 0 bridgehead atoms. The van der Waals surface area contributed by atoms with Gasteiger partial charge in [0.15, 0.2) is 0 Å². The molecule has 0 aliphatic carbocycles. The molecule has 1 amide bonds. The van der Waals surface area contributed by atoms with Crippen LogP contribution < -0.4 is 0 Å². The molecule has 0 saturated carbocycles. The first-order chi connectivity index (χ1) is 13.2. The van der Waals surface area contributed by atoms with Crippen LogP contribution in [0.3, 0.4) is 0 Å². The molecule has 3 rings (SSSR count). The van der Waals surface area contributed by atoms with E-state index in [1.54, 1.807) is 19.2 Å². The molecule has 2 aromatic rings. The van der Waals surface area contributed by atoms with E-state index in [1.807, 2.05) is 47.4 Å². The summed E-state index contributed by atoms with van der Waals surface area (Å²) in [7, 11) is 1.64. The molecule has 0 spiro atoms. The number of nitrogens with zero attached hydrogens (tertiary/aromatic N) is 1. The van der Waals surface area contributed by atoms with Crippen LogP contribution in [0.25, 0.3) is 0 Å². The molecule has 1 unspecified atom stereocenters. The zero-order valence-electron chi connectivity index (χ0n) is 15.6. The molecule has 2 aromatic carbocycles. The second kappa shape index (κ2) is 9.33. The summed E-state index contributed by atoms with van der Waals surface area (Å²) >= 11 is 0. The van der Waals surface area contributed by atoms with Crippen LogP contribution in [0.2, 0.25) is 0 Å². The van der Waals surface area contributed by atoms with Gasteiger partial charge < -0.3 is 14.4 Å². The van der Waals surface area contributed by atoms with Crippen molar-refractivity contribution < 1.29 is 19.1 Å². The average molecular weight is 367 g/mol. The molecule has 1 heterocycles. The predicted octanol–water partition coefficient (Wildman–Crippen LogP) is 3.40. The zero-order chi connectivity index (χ0) is 19.1. The molecule has 0 N–H and O–H groups in total. The van der Waals surface area contributed by atoms with Gasteiger partial charge in [0.1, 0.15) is 6.61 Å². The average Bonchev–Trinajstić information content (AvgIpc) is 2.72. The highest BCUT2D eigenvalue weighted by Crippen LogP contribution is 2.29. The predicted molar refractivity (Wildman–Crippen MR) is 102 cm³/mol. The molecule has 27 heavy (non-hydrogen) atoms. The molecule has 5 heteroatoms. The summed E-state index contributed by atoms with van der Waals surface area (Å²) in [6.45, 7) is 2.22. The van der Waals surface area contributed by atoms with Crippen LogP contribution in [-0.4, -0.2) is 43.6 Å². The first-order valence-corrected chi connectivity index (χ1v) is 9.25. The third kappa shape index (κ3) is 5.17. The molecule has 1 atom stereocenters. The van der Waals surface area contributed by atoms with E-state index in [9.17, 15) is 9.59 Å². The number of carbonyl (C=O) groups excluding carboxylic acids is 2. The Morgan fingerprint density at radius 1 is 1.11 bits per heavy atom. The normalized spacial score (nSPS) is 17.0. The number of esters is 1. The minimum Gasteiger partial charge on any atom is -0.457 e. The van der Waals surface area contributed by atoms with Crippen LogP contribution in [-0.2, 0) is 20.9 Å². The van der Waals surface area contributed by atoms with Crippen molar-refractivity contribution in [1.82, 2.24) is 4.90 Å². The number of benzene rings is 2. The van der Waals surface area contributed by atoms with Gasteiger partial charge in [0.2, 0.25) is 5.91 Å². The molecule has 1 aliphatic rings. The van der Waals surface area contributed by atoms with Crippen LogP contribution in [0.5, 0.6) is 0 Å². The van der Waals surface area contributed by atoms with Gasteiger partial charge in [-0.3, -0.25) is 4.79 Å². The molecule has 0 aromatic heterocycles. The summed E-state index contributed by atoms with van der Waals surface area (Å²) in [6, 6.07) is 17.0. The van der Waals surface area contributed by atoms with Crippen molar-refractivity contribution in [1.29, 1.82) is 0 Å². The number of likely N-dealkylation sites (tertiary alicyclic amines) is 1. The number of hydrogen-bond acceptors (Lipinski definition) is 4. The van der Waals surface area contributed by atoms with Crippen LogP contribution in [0, 0.1) is 0 Å². The van der Waals surface area contributed by atoms with E-state index in [0.29, 0.717) is 25.1 Å². The van der Waals surface area contributed by atoms with Gasteiger partial charge >= 0.3 is 5.97 Å². The van der Waals surface area contributed by atoms with Crippen molar-refractivity contribution in [3.8, 4) is 0 Å². The Morgan fingerprint density at radius 2 is 1.85 bits per heavy atom. The Bertz CT molecular complexity index is 758. The van der Waals surface area contributed by atoms with Crippen LogP contribution in [0.1, 0.15) is 40.2 Å². The van der Waals surface area contributed by atoms with Crippen LogP contribution >= 0.6 is 0 Å². The molecule has 1 saturated heterocycles. The third-order valence-electron chi connectivity index (χ3n) is 4.92. The van der Waals surface area contributed by atoms with E-state index < -0.39 is 0 Å². The van der Waals surface area contributed by atoms with Gasteiger partial charge in [0.05, 0.1) is 12.2 Å². The van der Waals surface area contributed by atoms with E-state index in [-0.39, 0.29) is 24.4 Å². The highest BCUT2D eigenvalue weighted by atomic mass is 16.5. The van der Waals surface area contributed by atoms with Crippen molar-refractivity contribution in [2.45, 2.75) is 25.4 Å². The molecular formula is C22H25NO4. The lowest BCUT2D eigenvalue weighted by Gasteiger charge is -2.31. The first kappa shape index (κ1) is 19.1. The molecule has 1 aliphatic heterocycles. The molecule has 1 fully saturated rings. The summed E-state index contributed by atoms with van der Waals surface area (Å²) in [5, 5.41) is 0. The number of methoxy groups -OCH3 is 1. The minimum atomic E-state index is -0.337. The number of rotatable bonds is 7. The largest absolute Gasteiger partial charge is 0.457 e. The lowest BCUT2D eigenvalue weighted by Crippen LogP contribution is -2.40. The maximum Gasteiger partial charge on any atom is 0.338 e. The van der Waals surface area contributed by atoms with E-state index in [1.165, 1.54) is 0 Å². The van der Waals surface area contributed by atoms with Gasteiger partial charge in [-0.25, -0.2) is 4.79 Å². The Hall–Kier alpha value is -2.66. The van der Waals surface area contributed by atoms with Gasteiger partial charge in [-0.15, -0.1) is 0 Å². The molecule has 142 valence electrons. The maximum absolute atomic E-state index is 12.3. The second-order valence-corrected chi connectivity index (χ2v) is 6.75. The number of hydrogen-bond donors (Lipinski definition) is 0. The van der Waals surface area contributed by atoms with E-state index >= 15 is 0 Å². The number of amides is 1. The van der Waals surface area contributed by atoms with Gasteiger partial charge in [-0.1, -0.05) is 42.5 Å². The Balaban J connectivity index is 1.54. The zero-order valence-corrected chi connectivity index (χ0v) is 15.6. The summed E-state index contributed by atoms with van der Waals surface area (Å²) in [6.07, 6.45) is 1.43. The monoisotopic (exact) mass is 367 g/mol. The fourth-order valence-corrected chi connectivity index (χ4v) is 3.30. The lowest BCUT2D eigenvalue weighted by atomic mass is 9.88. The minimum absolute atomic E-state index is 0.162. The van der Waals surface area contributed by atoms with Crippen molar-refractivity contribution in [3.05, 3.63) is 71.3 Å². The summed E-state index contributed by atoms with van der Waals surface area (Å²) in [4.78, 5) is 26.3. The third-order valence-corrected chi connectivity index (χ3v) is 4.92. The van der Waals surface area contributed by atoms with Crippen LogP contribution in [0.4, 0.5) is 0 Å². The van der Waals surface area contributed by atoms with Crippen molar-refractivity contribution in [2.24, 2.45) is 0 Å². The fraction of sp³-hybridized carbons (Fsp3) is 0.364. The standard InChI is InChI=1S/C22H25NO4/c1-26-14-13-23-12-11-20(15-21(23)24)18-7-9-19(10-8-18)22(25)27-16-17-5-3-2-4-6-17/h2-10,20H,11-16H2,1H3. The fourth-order valence-electron chi connectivity index (χ4n) is 3.30. The van der Waals surface area contributed by atoms with Gasteiger partial charge in [0.25, 0.3) is 0 Å². The number of piperidine rings is 1. The Labute approximate surface area is 159 Å². The highest BCUT2D eigenvalue weighted by molar-refractivity contribution is 5.89. The SMILES string of the molecule is COCCN1CCC(c2ccc(C(=O)OCc3ccccc3)cc2)CC1=O. The van der Waals surface area contributed by atoms with Gasteiger partial charge in [-0.2, -0.15) is 0 Å². The topological polar surface area (TPSA) is 55.8 Å². The summed E-state index contributed by atoms with van der Waals surface area (Å²) in [5.41, 5.74) is 2.58.